The van der Waals surface area contributed by atoms with Crippen molar-refractivity contribution in [1.82, 2.24) is 10.3 Å². The number of hydrogen-bond acceptors (Lipinski definition) is 6. The summed E-state index contributed by atoms with van der Waals surface area (Å²) in [6.45, 7) is 7.31. The molecule has 2 aromatic carbocycles. The quantitative estimate of drug-likeness (QED) is 0.621. The first-order valence-electron chi connectivity index (χ1n) is 9.16. The Labute approximate surface area is 163 Å². The third kappa shape index (κ3) is 4.88. The summed E-state index contributed by atoms with van der Waals surface area (Å²) in [5.74, 6) is 1.88. The molecule has 0 radical (unpaired) electrons. The lowest BCUT2D eigenvalue weighted by Gasteiger charge is -2.09. The maximum absolute atomic E-state index is 12.5. The molecule has 0 aliphatic rings. The Morgan fingerprint density at radius 3 is 2.29 bits per heavy atom. The van der Waals surface area contributed by atoms with Crippen molar-refractivity contribution in [3.8, 4) is 22.8 Å². The van der Waals surface area contributed by atoms with E-state index in [1.165, 1.54) is 0 Å². The zero-order valence-corrected chi connectivity index (χ0v) is 16.1. The Hall–Kier alpha value is -3.35. The van der Waals surface area contributed by atoms with Gasteiger partial charge in [0.05, 0.1) is 13.2 Å². The number of carbonyl (C=O) groups is 1. The Morgan fingerprint density at radius 2 is 1.64 bits per heavy atom. The minimum atomic E-state index is -0.308. The fraction of sp³-hybridized carbons (Fsp3) is 0.286. The SMILES string of the molecule is CCOc1ccc(C(=O)Nc2nonc2-c2ccc(OCC(C)C)cc2)cc1. The van der Waals surface area contributed by atoms with Crippen molar-refractivity contribution >= 4 is 11.7 Å². The van der Waals surface area contributed by atoms with E-state index in [1.54, 1.807) is 24.3 Å². The fourth-order valence-corrected chi connectivity index (χ4v) is 2.48. The largest absolute Gasteiger partial charge is 0.494 e. The number of ether oxygens (including phenoxy) is 2. The van der Waals surface area contributed by atoms with E-state index in [1.807, 2.05) is 31.2 Å². The van der Waals surface area contributed by atoms with E-state index in [0.29, 0.717) is 36.1 Å². The summed E-state index contributed by atoms with van der Waals surface area (Å²) in [5, 5.41) is 10.5. The lowest BCUT2D eigenvalue weighted by Crippen LogP contribution is -2.12. The number of hydrogen-bond donors (Lipinski definition) is 1. The van der Waals surface area contributed by atoms with E-state index in [-0.39, 0.29) is 11.7 Å². The molecule has 3 aromatic rings. The lowest BCUT2D eigenvalue weighted by atomic mass is 10.1. The predicted molar refractivity (Wildman–Crippen MR) is 106 cm³/mol. The van der Waals surface area contributed by atoms with Crippen molar-refractivity contribution in [3.63, 3.8) is 0 Å². The Bertz CT molecular complexity index is 902. The minimum absolute atomic E-state index is 0.259. The highest BCUT2D eigenvalue weighted by atomic mass is 16.6. The van der Waals surface area contributed by atoms with Gasteiger partial charge in [-0.05, 0) is 71.7 Å². The van der Waals surface area contributed by atoms with Crippen LogP contribution in [-0.2, 0) is 0 Å². The molecular weight excluding hydrogens is 358 g/mol. The van der Waals surface area contributed by atoms with Crippen LogP contribution in [0, 0.1) is 5.92 Å². The third-order valence-corrected chi connectivity index (χ3v) is 3.86. The van der Waals surface area contributed by atoms with Gasteiger partial charge < -0.3 is 14.8 Å². The first-order chi connectivity index (χ1) is 13.6. The van der Waals surface area contributed by atoms with E-state index in [9.17, 15) is 4.79 Å². The van der Waals surface area contributed by atoms with Gasteiger partial charge in [0.1, 0.15) is 11.5 Å². The maximum Gasteiger partial charge on any atom is 0.256 e. The summed E-state index contributed by atoms with van der Waals surface area (Å²) >= 11 is 0. The van der Waals surface area contributed by atoms with Crippen LogP contribution in [0.3, 0.4) is 0 Å². The highest BCUT2D eigenvalue weighted by molar-refractivity contribution is 6.05. The topological polar surface area (TPSA) is 86.5 Å². The molecule has 0 saturated carbocycles. The minimum Gasteiger partial charge on any atom is -0.494 e. The number of amides is 1. The van der Waals surface area contributed by atoms with Gasteiger partial charge in [-0.3, -0.25) is 4.79 Å². The molecule has 0 atom stereocenters. The zero-order chi connectivity index (χ0) is 19.9. The molecule has 1 N–H and O–H groups in total. The molecule has 0 bridgehead atoms. The monoisotopic (exact) mass is 381 g/mol. The predicted octanol–water partition coefficient (Wildman–Crippen LogP) is 4.42. The van der Waals surface area contributed by atoms with Crippen molar-refractivity contribution in [2.24, 2.45) is 5.92 Å². The van der Waals surface area contributed by atoms with Crippen molar-refractivity contribution < 1.29 is 18.9 Å². The molecule has 146 valence electrons. The molecule has 1 amide bonds. The first kappa shape index (κ1) is 19.4. The summed E-state index contributed by atoms with van der Waals surface area (Å²) < 4.78 is 15.9. The van der Waals surface area contributed by atoms with Crippen molar-refractivity contribution in [3.05, 3.63) is 54.1 Å². The smallest absolute Gasteiger partial charge is 0.256 e. The van der Waals surface area contributed by atoms with E-state index >= 15 is 0 Å². The molecule has 1 heterocycles. The van der Waals surface area contributed by atoms with Crippen molar-refractivity contribution in [2.75, 3.05) is 18.5 Å². The van der Waals surface area contributed by atoms with Crippen LogP contribution < -0.4 is 14.8 Å². The average molecular weight is 381 g/mol. The standard InChI is InChI=1S/C21H23N3O4/c1-4-26-17-11-7-16(8-12-17)21(25)22-20-19(23-28-24-20)15-5-9-18(10-6-15)27-13-14(2)3/h5-12,14H,4,13H2,1-3H3,(H,22,24,25). The number of aromatic nitrogens is 2. The molecule has 7 nitrogen and oxygen atoms in total. The van der Waals surface area contributed by atoms with E-state index < -0.39 is 0 Å². The number of nitrogens with one attached hydrogen (secondary N) is 1. The van der Waals surface area contributed by atoms with Gasteiger partial charge in [-0.15, -0.1) is 0 Å². The van der Waals surface area contributed by atoms with Crippen LogP contribution >= 0.6 is 0 Å². The molecule has 3 rings (SSSR count). The molecule has 0 saturated heterocycles. The highest BCUT2D eigenvalue weighted by Crippen LogP contribution is 2.27. The normalized spacial score (nSPS) is 10.7. The van der Waals surface area contributed by atoms with Gasteiger partial charge in [0, 0.05) is 11.1 Å². The van der Waals surface area contributed by atoms with Gasteiger partial charge in [-0.25, -0.2) is 4.63 Å². The van der Waals surface area contributed by atoms with Gasteiger partial charge in [0.25, 0.3) is 5.91 Å². The van der Waals surface area contributed by atoms with E-state index in [0.717, 1.165) is 11.3 Å². The second-order valence-corrected chi connectivity index (χ2v) is 6.60. The molecule has 0 aliphatic carbocycles. The highest BCUT2D eigenvalue weighted by Gasteiger charge is 2.16. The van der Waals surface area contributed by atoms with Crippen LogP contribution in [0.4, 0.5) is 5.82 Å². The van der Waals surface area contributed by atoms with Gasteiger partial charge >= 0.3 is 0 Å². The van der Waals surface area contributed by atoms with Crippen LogP contribution in [0.15, 0.2) is 53.2 Å². The van der Waals surface area contributed by atoms with Gasteiger partial charge in [0.2, 0.25) is 5.82 Å². The molecule has 7 heteroatoms. The van der Waals surface area contributed by atoms with Crippen LogP contribution in [0.2, 0.25) is 0 Å². The molecular formula is C21H23N3O4. The number of rotatable bonds is 8. The number of carbonyl (C=O) groups excluding carboxylic acids is 1. The van der Waals surface area contributed by atoms with E-state index in [2.05, 4.69) is 29.5 Å². The van der Waals surface area contributed by atoms with Crippen LogP contribution in [0.25, 0.3) is 11.3 Å². The summed E-state index contributed by atoms with van der Waals surface area (Å²) in [6, 6.07) is 14.3. The molecule has 0 spiro atoms. The van der Waals surface area contributed by atoms with Crippen molar-refractivity contribution in [1.29, 1.82) is 0 Å². The molecule has 28 heavy (non-hydrogen) atoms. The third-order valence-electron chi connectivity index (χ3n) is 3.86. The Morgan fingerprint density at radius 1 is 1.00 bits per heavy atom. The van der Waals surface area contributed by atoms with Gasteiger partial charge in [-0.1, -0.05) is 13.8 Å². The molecule has 1 aromatic heterocycles. The van der Waals surface area contributed by atoms with Crippen LogP contribution in [-0.4, -0.2) is 29.4 Å². The van der Waals surface area contributed by atoms with Crippen LogP contribution in [0.1, 0.15) is 31.1 Å². The number of benzene rings is 2. The molecule has 0 unspecified atom stereocenters. The summed E-state index contributed by atoms with van der Waals surface area (Å²) in [6.07, 6.45) is 0. The summed E-state index contributed by atoms with van der Waals surface area (Å²) in [4.78, 5) is 12.5. The lowest BCUT2D eigenvalue weighted by molar-refractivity contribution is 0.102. The Balaban J connectivity index is 1.70. The van der Waals surface area contributed by atoms with Crippen LogP contribution in [0.5, 0.6) is 11.5 Å². The summed E-state index contributed by atoms with van der Waals surface area (Å²) in [7, 11) is 0. The summed E-state index contributed by atoms with van der Waals surface area (Å²) in [5.41, 5.74) is 1.70. The Kier molecular flexibility index (Phi) is 6.26. The number of nitrogens with zero attached hydrogens (tertiary/aromatic N) is 2. The fourth-order valence-electron chi connectivity index (χ4n) is 2.48. The average Bonchev–Trinajstić information content (AvgIpc) is 3.15. The zero-order valence-electron chi connectivity index (χ0n) is 16.1. The molecule has 0 fully saturated rings. The van der Waals surface area contributed by atoms with Gasteiger partial charge in [0.15, 0.2) is 5.69 Å². The second-order valence-electron chi connectivity index (χ2n) is 6.60. The maximum atomic E-state index is 12.5. The van der Waals surface area contributed by atoms with Crippen molar-refractivity contribution in [2.45, 2.75) is 20.8 Å². The van der Waals surface area contributed by atoms with Gasteiger partial charge in [-0.2, -0.15) is 0 Å². The number of anilines is 1. The molecule has 0 aliphatic heterocycles. The van der Waals surface area contributed by atoms with E-state index in [4.69, 9.17) is 14.1 Å². The second kappa shape index (κ2) is 9.03. The first-order valence-corrected chi connectivity index (χ1v) is 9.16.